The molecular formula is C13H18N4. The summed E-state index contributed by atoms with van der Waals surface area (Å²) in [6.45, 7) is 5.56. The number of aryl methyl sites for hydroxylation is 1. The van der Waals surface area contributed by atoms with Crippen LogP contribution in [0.3, 0.4) is 0 Å². The molecule has 2 rings (SSSR count). The first-order chi connectivity index (χ1) is 8.22. The topological polar surface area (TPSA) is 55.9 Å². The molecule has 0 fully saturated rings. The molecule has 1 aromatic carbocycles. The van der Waals surface area contributed by atoms with Gasteiger partial charge in [-0.1, -0.05) is 30.3 Å². The first-order valence-corrected chi connectivity index (χ1v) is 5.72. The lowest BCUT2D eigenvalue weighted by atomic mass is 10.2. The molecular weight excluding hydrogens is 212 g/mol. The van der Waals surface area contributed by atoms with Crippen molar-refractivity contribution < 1.29 is 0 Å². The van der Waals surface area contributed by atoms with Crippen LogP contribution in [0.15, 0.2) is 30.3 Å². The van der Waals surface area contributed by atoms with E-state index in [2.05, 4.69) is 29.6 Å². The normalized spacial score (nSPS) is 10.8. The van der Waals surface area contributed by atoms with E-state index in [4.69, 9.17) is 5.84 Å². The number of nitrogens with zero attached hydrogens (tertiary/aromatic N) is 2. The Morgan fingerprint density at radius 2 is 1.94 bits per heavy atom. The van der Waals surface area contributed by atoms with Crippen LogP contribution in [0.4, 0.5) is 0 Å². The minimum atomic E-state index is 0.659. The van der Waals surface area contributed by atoms with Crippen LogP contribution in [0, 0.1) is 13.8 Å². The molecule has 0 spiro atoms. The Morgan fingerprint density at radius 1 is 1.24 bits per heavy atom. The highest BCUT2D eigenvalue weighted by molar-refractivity contribution is 5.25. The van der Waals surface area contributed by atoms with Gasteiger partial charge in [0.15, 0.2) is 0 Å². The van der Waals surface area contributed by atoms with Gasteiger partial charge in [0.2, 0.25) is 0 Å². The number of nitrogens with one attached hydrogen (secondary N) is 1. The molecule has 4 heteroatoms. The quantitative estimate of drug-likeness (QED) is 0.618. The van der Waals surface area contributed by atoms with Crippen LogP contribution in [0.5, 0.6) is 0 Å². The van der Waals surface area contributed by atoms with Crippen LogP contribution < -0.4 is 11.3 Å². The van der Waals surface area contributed by atoms with Crippen molar-refractivity contribution in [3.05, 3.63) is 52.8 Å². The monoisotopic (exact) mass is 230 g/mol. The van der Waals surface area contributed by atoms with Gasteiger partial charge < -0.3 is 0 Å². The molecule has 1 heterocycles. The summed E-state index contributed by atoms with van der Waals surface area (Å²) in [5.41, 5.74) is 7.34. The van der Waals surface area contributed by atoms with Gasteiger partial charge in [-0.25, -0.2) is 0 Å². The van der Waals surface area contributed by atoms with E-state index in [1.54, 1.807) is 0 Å². The maximum atomic E-state index is 5.37. The van der Waals surface area contributed by atoms with Gasteiger partial charge >= 0.3 is 0 Å². The second-order valence-electron chi connectivity index (χ2n) is 4.17. The molecule has 0 aliphatic heterocycles. The maximum absolute atomic E-state index is 5.37. The lowest BCUT2D eigenvalue weighted by Gasteiger charge is -2.05. The molecule has 0 atom stereocenters. The second-order valence-corrected chi connectivity index (χ2v) is 4.17. The Kier molecular flexibility index (Phi) is 3.56. The number of benzene rings is 1. The molecule has 0 aliphatic carbocycles. The van der Waals surface area contributed by atoms with Gasteiger partial charge in [-0.2, -0.15) is 5.10 Å². The van der Waals surface area contributed by atoms with Crippen LogP contribution in [0.1, 0.15) is 22.5 Å². The van der Waals surface area contributed by atoms with Crippen LogP contribution >= 0.6 is 0 Å². The first-order valence-electron chi connectivity index (χ1n) is 5.72. The maximum Gasteiger partial charge on any atom is 0.0662 e. The smallest absolute Gasteiger partial charge is 0.0662 e. The zero-order valence-corrected chi connectivity index (χ0v) is 10.3. The highest BCUT2D eigenvalue weighted by Gasteiger charge is 2.10. The van der Waals surface area contributed by atoms with E-state index in [0.29, 0.717) is 6.54 Å². The van der Waals surface area contributed by atoms with Crippen molar-refractivity contribution in [2.75, 3.05) is 0 Å². The van der Waals surface area contributed by atoms with Gasteiger partial charge in [0, 0.05) is 17.8 Å². The third kappa shape index (κ3) is 2.54. The Hall–Kier alpha value is -1.65. The lowest BCUT2D eigenvalue weighted by Crippen LogP contribution is -2.21. The van der Waals surface area contributed by atoms with Gasteiger partial charge in [0.05, 0.1) is 12.2 Å². The number of nitrogens with two attached hydrogens (primary N) is 1. The summed E-state index contributed by atoms with van der Waals surface area (Å²) in [7, 11) is 0. The molecule has 0 saturated carbocycles. The van der Waals surface area contributed by atoms with Crippen molar-refractivity contribution in [2.24, 2.45) is 5.84 Å². The van der Waals surface area contributed by atoms with Gasteiger partial charge in [0.25, 0.3) is 0 Å². The van der Waals surface area contributed by atoms with Gasteiger partial charge in [-0.15, -0.1) is 0 Å². The van der Waals surface area contributed by atoms with Crippen molar-refractivity contribution in [1.29, 1.82) is 0 Å². The summed E-state index contributed by atoms with van der Waals surface area (Å²) in [5.74, 6) is 5.37. The minimum absolute atomic E-state index is 0.659. The third-order valence-corrected chi connectivity index (χ3v) is 2.99. The first kappa shape index (κ1) is 11.8. The number of rotatable bonds is 4. The molecule has 0 amide bonds. The predicted octanol–water partition coefficient (Wildman–Crippen LogP) is 1.51. The van der Waals surface area contributed by atoms with Crippen molar-refractivity contribution in [1.82, 2.24) is 15.2 Å². The number of aromatic nitrogens is 2. The van der Waals surface area contributed by atoms with Gasteiger partial charge in [0.1, 0.15) is 0 Å². The minimum Gasteiger partial charge on any atom is -0.271 e. The van der Waals surface area contributed by atoms with E-state index in [1.165, 1.54) is 16.8 Å². The van der Waals surface area contributed by atoms with E-state index in [-0.39, 0.29) is 0 Å². The molecule has 17 heavy (non-hydrogen) atoms. The molecule has 0 bridgehead atoms. The summed E-state index contributed by atoms with van der Waals surface area (Å²) in [4.78, 5) is 0. The molecule has 3 N–H and O–H groups in total. The van der Waals surface area contributed by atoms with E-state index < -0.39 is 0 Å². The average Bonchev–Trinajstić information content (AvgIpc) is 2.59. The highest BCUT2D eigenvalue weighted by atomic mass is 15.3. The molecule has 90 valence electrons. The van der Waals surface area contributed by atoms with E-state index >= 15 is 0 Å². The Labute approximate surface area is 101 Å². The van der Waals surface area contributed by atoms with Gasteiger partial charge in [-0.05, 0) is 19.4 Å². The summed E-state index contributed by atoms with van der Waals surface area (Å²) in [6, 6.07) is 10.3. The van der Waals surface area contributed by atoms with E-state index in [1.807, 2.05) is 29.8 Å². The molecule has 4 nitrogen and oxygen atoms in total. The van der Waals surface area contributed by atoms with Crippen LogP contribution in [-0.2, 0) is 13.1 Å². The summed E-state index contributed by atoms with van der Waals surface area (Å²) < 4.78 is 2.03. The fourth-order valence-electron chi connectivity index (χ4n) is 2.00. The summed E-state index contributed by atoms with van der Waals surface area (Å²) in [6.07, 6.45) is 0. The molecule has 0 unspecified atom stereocenters. The fourth-order valence-corrected chi connectivity index (χ4v) is 2.00. The van der Waals surface area contributed by atoms with Crippen LogP contribution in [0.2, 0.25) is 0 Å². The standard InChI is InChI=1S/C13H18N4/c1-10-13(8-15-14)11(2)17(16-10)9-12-6-4-3-5-7-12/h3-7,15H,8-9,14H2,1-2H3. The van der Waals surface area contributed by atoms with E-state index in [9.17, 15) is 0 Å². The number of hydrazine groups is 1. The van der Waals surface area contributed by atoms with E-state index in [0.717, 1.165) is 12.2 Å². The number of hydrogen-bond donors (Lipinski definition) is 2. The average molecular weight is 230 g/mol. The van der Waals surface area contributed by atoms with Crippen molar-refractivity contribution in [2.45, 2.75) is 26.9 Å². The predicted molar refractivity (Wildman–Crippen MR) is 68.3 cm³/mol. The molecule has 0 aliphatic rings. The molecule has 1 aromatic heterocycles. The second kappa shape index (κ2) is 5.12. The van der Waals surface area contributed by atoms with Crippen molar-refractivity contribution >= 4 is 0 Å². The molecule has 2 aromatic rings. The van der Waals surface area contributed by atoms with Crippen LogP contribution in [0.25, 0.3) is 0 Å². The zero-order valence-electron chi connectivity index (χ0n) is 10.3. The lowest BCUT2D eigenvalue weighted by molar-refractivity contribution is 0.656. The van der Waals surface area contributed by atoms with Crippen LogP contribution in [-0.4, -0.2) is 9.78 Å². The Bertz CT molecular complexity index is 488. The number of hydrogen-bond acceptors (Lipinski definition) is 3. The Balaban J connectivity index is 2.25. The van der Waals surface area contributed by atoms with Crippen molar-refractivity contribution in [3.63, 3.8) is 0 Å². The Morgan fingerprint density at radius 3 is 2.59 bits per heavy atom. The molecule has 0 radical (unpaired) electrons. The largest absolute Gasteiger partial charge is 0.271 e. The summed E-state index contributed by atoms with van der Waals surface area (Å²) in [5, 5.41) is 4.55. The highest BCUT2D eigenvalue weighted by Crippen LogP contribution is 2.14. The molecule has 0 saturated heterocycles. The van der Waals surface area contributed by atoms with Gasteiger partial charge in [-0.3, -0.25) is 16.0 Å². The summed E-state index contributed by atoms with van der Waals surface area (Å²) >= 11 is 0. The van der Waals surface area contributed by atoms with Crippen molar-refractivity contribution in [3.8, 4) is 0 Å². The fraction of sp³-hybridized carbons (Fsp3) is 0.308. The SMILES string of the molecule is Cc1nn(Cc2ccccc2)c(C)c1CNN. The zero-order chi connectivity index (χ0) is 12.3. The third-order valence-electron chi connectivity index (χ3n) is 2.99.